The van der Waals surface area contributed by atoms with Crippen LogP contribution >= 0.6 is 23.4 Å². The van der Waals surface area contributed by atoms with Gasteiger partial charge in [0.2, 0.25) is 11.7 Å². The summed E-state index contributed by atoms with van der Waals surface area (Å²) in [6, 6.07) is 20.6. The van der Waals surface area contributed by atoms with Gasteiger partial charge in [-0.05, 0) is 36.3 Å². The van der Waals surface area contributed by atoms with Gasteiger partial charge in [-0.2, -0.15) is 4.99 Å². The summed E-state index contributed by atoms with van der Waals surface area (Å²) in [6.07, 6.45) is 7.24. The highest BCUT2D eigenvalue weighted by Crippen LogP contribution is 2.36. The van der Waals surface area contributed by atoms with Gasteiger partial charge in [0.05, 0.1) is 16.7 Å². The molecule has 0 aliphatic carbocycles. The number of phenols is 1. The van der Waals surface area contributed by atoms with Crippen molar-refractivity contribution in [3.8, 4) is 5.75 Å². The highest BCUT2D eigenvalue weighted by molar-refractivity contribution is 8.14. The molecule has 0 radical (unpaired) electrons. The van der Waals surface area contributed by atoms with Gasteiger partial charge in [0.25, 0.3) is 11.8 Å². The van der Waals surface area contributed by atoms with Gasteiger partial charge in [0, 0.05) is 22.3 Å². The number of carbonyl (C=O) groups excluding carboxylic acids is 3. The SMILES string of the molecule is C=C/C=C\C(=C/C)N1C(=O)/C(=C/c2cc(Cl)cc([N+](=O)[O-])c2O)C(=O)N=C1SCC(=O)NC(c1ccccc1)c1ccccc1. The van der Waals surface area contributed by atoms with E-state index in [0.29, 0.717) is 5.70 Å². The van der Waals surface area contributed by atoms with Crippen LogP contribution in [-0.4, -0.2) is 43.6 Å². The van der Waals surface area contributed by atoms with E-state index in [4.69, 9.17) is 11.6 Å². The zero-order chi connectivity index (χ0) is 32.5. The Morgan fingerprint density at radius 3 is 2.31 bits per heavy atom. The van der Waals surface area contributed by atoms with Crippen molar-refractivity contribution in [1.29, 1.82) is 0 Å². The first-order valence-electron chi connectivity index (χ1n) is 13.5. The number of thioether (sulfide) groups is 1. The van der Waals surface area contributed by atoms with Crippen LogP contribution in [-0.2, 0) is 14.4 Å². The van der Waals surface area contributed by atoms with E-state index in [-0.39, 0.29) is 27.4 Å². The van der Waals surface area contributed by atoms with Gasteiger partial charge in [-0.25, -0.2) is 0 Å². The standard InChI is InChI=1S/C33H27ClN4O6S/c1-3-5-16-25(4-2)37-32(42)26(18-23-17-24(34)19-27(30(23)40)38(43)44)31(41)36-33(37)45-20-28(39)35-29(21-12-8-6-9-13-21)22-14-10-7-11-15-22/h3-19,29,40H,1,20H2,2H3,(H,35,39)/b16-5-,25-4+,26-18+. The quantitative estimate of drug-likeness (QED) is 0.0863. The second-order valence-electron chi connectivity index (χ2n) is 9.44. The Balaban J connectivity index is 1.67. The summed E-state index contributed by atoms with van der Waals surface area (Å²) >= 11 is 6.89. The third kappa shape index (κ3) is 7.83. The van der Waals surface area contributed by atoms with Crippen LogP contribution in [0.25, 0.3) is 6.08 Å². The number of nitrogens with zero attached hydrogens (tertiary/aromatic N) is 3. The van der Waals surface area contributed by atoms with Crippen molar-refractivity contribution in [2.45, 2.75) is 13.0 Å². The number of aromatic hydroxyl groups is 1. The van der Waals surface area contributed by atoms with E-state index in [0.717, 1.165) is 39.9 Å². The number of amides is 3. The number of hydrogen-bond acceptors (Lipinski definition) is 7. The zero-order valence-corrected chi connectivity index (χ0v) is 25.5. The Hall–Kier alpha value is -5.26. The van der Waals surface area contributed by atoms with Gasteiger partial charge in [-0.15, -0.1) is 0 Å². The second kappa shape index (κ2) is 15.0. The minimum Gasteiger partial charge on any atom is -0.502 e. The van der Waals surface area contributed by atoms with Crippen LogP contribution in [0.4, 0.5) is 5.69 Å². The molecule has 3 aromatic rings. The second-order valence-corrected chi connectivity index (χ2v) is 10.8. The molecule has 10 nitrogen and oxygen atoms in total. The largest absolute Gasteiger partial charge is 0.502 e. The Morgan fingerprint density at radius 2 is 1.76 bits per heavy atom. The van der Waals surface area contributed by atoms with E-state index < -0.39 is 39.8 Å². The molecular weight excluding hydrogens is 616 g/mol. The molecular formula is C33H27ClN4O6S. The topological polar surface area (TPSA) is 142 Å². The number of allylic oxidation sites excluding steroid dienone is 4. The lowest BCUT2D eigenvalue weighted by Crippen LogP contribution is -2.42. The van der Waals surface area contributed by atoms with Crippen molar-refractivity contribution in [3.05, 3.63) is 147 Å². The maximum absolute atomic E-state index is 13.8. The summed E-state index contributed by atoms with van der Waals surface area (Å²) in [4.78, 5) is 56.0. The van der Waals surface area contributed by atoms with Crippen LogP contribution < -0.4 is 5.32 Å². The predicted molar refractivity (Wildman–Crippen MR) is 175 cm³/mol. The van der Waals surface area contributed by atoms with Crippen LogP contribution in [0.3, 0.4) is 0 Å². The van der Waals surface area contributed by atoms with E-state index in [1.807, 2.05) is 60.7 Å². The molecule has 4 rings (SSSR count). The van der Waals surface area contributed by atoms with E-state index in [1.165, 1.54) is 12.1 Å². The molecule has 0 bridgehead atoms. The summed E-state index contributed by atoms with van der Waals surface area (Å²) in [5.41, 5.74) is 0.671. The number of aliphatic imine (C=N–C) groups is 1. The van der Waals surface area contributed by atoms with Crippen LogP contribution in [0.2, 0.25) is 5.02 Å². The first-order valence-corrected chi connectivity index (χ1v) is 14.8. The lowest BCUT2D eigenvalue weighted by molar-refractivity contribution is -0.385. The third-order valence-corrected chi connectivity index (χ3v) is 7.65. The van der Waals surface area contributed by atoms with E-state index in [9.17, 15) is 29.6 Å². The van der Waals surface area contributed by atoms with Crippen LogP contribution in [0, 0.1) is 10.1 Å². The molecule has 3 amide bonds. The number of nitro benzene ring substituents is 1. The van der Waals surface area contributed by atoms with Crippen molar-refractivity contribution < 1.29 is 24.4 Å². The number of nitrogens with one attached hydrogen (secondary N) is 1. The fourth-order valence-electron chi connectivity index (χ4n) is 4.40. The number of phenolic OH excluding ortho intramolecular Hbond substituents is 1. The maximum Gasteiger partial charge on any atom is 0.312 e. The first kappa shape index (κ1) is 32.6. The summed E-state index contributed by atoms with van der Waals surface area (Å²) in [6.45, 7) is 5.31. The van der Waals surface area contributed by atoms with E-state index in [1.54, 1.807) is 25.2 Å². The van der Waals surface area contributed by atoms with Crippen LogP contribution in [0.15, 0.2) is 120 Å². The number of hydrogen-bond donors (Lipinski definition) is 2. The number of benzene rings is 3. The average molecular weight is 643 g/mol. The number of rotatable bonds is 10. The van der Waals surface area contributed by atoms with Gasteiger partial charge in [0.15, 0.2) is 5.17 Å². The summed E-state index contributed by atoms with van der Waals surface area (Å²) in [7, 11) is 0. The molecule has 0 spiro atoms. The third-order valence-electron chi connectivity index (χ3n) is 6.49. The number of halogens is 1. The molecule has 228 valence electrons. The van der Waals surface area contributed by atoms with Gasteiger partial charge >= 0.3 is 5.69 Å². The Labute approximate surface area is 268 Å². The molecule has 12 heteroatoms. The van der Waals surface area contributed by atoms with Crippen LogP contribution in [0.5, 0.6) is 5.75 Å². The van der Waals surface area contributed by atoms with Gasteiger partial charge in [-0.3, -0.25) is 29.4 Å². The normalized spacial score (nSPS) is 14.6. The average Bonchev–Trinajstić information content (AvgIpc) is 3.04. The fraction of sp³-hybridized carbons (Fsp3) is 0.0909. The Kier molecular flexibility index (Phi) is 10.9. The van der Waals surface area contributed by atoms with Crippen molar-refractivity contribution in [3.63, 3.8) is 0 Å². The highest BCUT2D eigenvalue weighted by atomic mass is 35.5. The number of carbonyl (C=O) groups is 3. The molecule has 1 aliphatic rings. The molecule has 0 saturated heterocycles. The first-order chi connectivity index (χ1) is 21.6. The molecule has 1 heterocycles. The zero-order valence-electron chi connectivity index (χ0n) is 23.9. The van der Waals surface area contributed by atoms with Crippen molar-refractivity contribution >= 4 is 58.0 Å². The molecule has 0 fully saturated rings. The Bertz CT molecular complexity index is 1730. The summed E-state index contributed by atoms with van der Waals surface area (Å²) in [5.74, 6) is -3.12. The van der Waals surface area contributed by atoms with E-state index in [2.05, 4.69) is 16.9 Å². The molecule has 3 aromatic carbocycles. The minimum absolute atomic E-state index is 0.0589. The van der Waals surface area contributed by atoms with Gasteiger partial charge in [0.1, 0.15) is 5.57 Å². The maximum atomic E-state index is 13.8. The minimum atomic E-state index is -0.962. The summed E-state index contributed by atoms with van der Waals surface area (Å²) in [5, 5.41) is 24.7. The number of nitro groups is 1. The summed E-state index contributed by atoms with van der Waals surface area (Å²) < 4.78 is 0. The molecule has 0 atom stereocenters. The molecule has 2 N–H and O–H groups in total. The fourth-order valence-corrected chi connectivity index (χ4v) is 5.43. The Morgan fingerprint density at radius 1 is 1.13 bits per heavy atom. The van der Waals surface area contributed by atoms with E-state index >= 15 is 0 Å². The molecule has 0 unspecified atom stereocenters. The van der Waals surface area contributed by atoms with Crippen molar-refractivity contribution in [2.24, 2.45) is 4.99 Å². The molecule has 0 aromatic heterocycles. The molecule has 1 aliphatic heterocycles. The van der Waals surface area contributed by atoms with Gasteiger partial charge < -0.3 is 10.4 Å². The predicted octanol–water partition coefficient (Wildman–Crippen LogP) is 6.35. The van der Waals surface area contributed by atoms with Crippen molar-refractivity contribution in [1.82, 2.24) is 10.2 Å². The lowest BCUT2D eigenvalue weighted by Gasteiger charge is -2.28. The van der Waals surface area contributed by atoms with Crippen LogP contribution in [0.1, 0.15) is 29.7 Å². The van der Waals surface area contributed by atoms with Gasteiger partial charge in [-0.1, -0.05) is 109 Å². The smallest absolute Gasteiger partial charge is 0.312 e. The highest BCUT2D eigenvalue weighted by Gasteiger charge is 2.35. The monoisotopic (exact) mass is 642 g/mol. The molecule has 0 saturated carbocycles. The number of amidine groups is 1. The lowest BCUT2D eigenvalue weighted by atomic mass is 9.99. The molecule has 45 heavy (non-hydrogen) atoms. The van der Waals surface area contributed by atoms with Crippen molar-refractivity contribution in [2.75, 3.05) is 5.75 Å².